The van der Waals surface area contributed by atoms with Crippen LogP contribution in [0, 0.1) is 9.62 Å². The van der Waals surface area contributed by atoms with E-state index in [0.717, 1.165) is 9.09 Å². The molecule has 1 saturated carbocycles. The summed E-state index contributed by atoms with van der Waals surface area (Å²) in [6.07, 6.45) is 0.715. The molecule has 2 aromatic heterocycles. The van der Waals surface area contributed by atoms with Crippen LogP contribution in [0.2, 0.25) is 5.15 Å². The van der Waals surface area contributed by atoms with Gasteiger partial charge in [0.2, 0.25) is 0 Å². The Hall–Kier alpha value is -0.890. The van der Waals surface area contributed by atoms with Crippen molar-refractivity contribution >= 4 is 51.2 Å². The first-order valence-corrected chi connectivity index (χ1v) is 7.85. The molecule has 5 nitrogen and oxygen atoms in total. The van der Waals surface area contributed by atoms with E-state index in [2.05, 4.69) is 32.7 Å². The summed E-state index contributed by atoms with van der Waals surface area (Å²) in [4.78, 5) is 16.7. The van der Waals surface area contributed by atoms with Crippen LogP contribution in [0.5, 0.6) is 0 Å². The van der Waals surface area contributed by atoms with Crippen LogP contribution in [-0.4, -0.2) is 27.3 Å². The average Bonchev–Trinajstić information content (AvgIpc) is 2.98. The molecule has 0 saturated heterocycles. The number of rotatable bonds is 3. The van der Waals surface area contributed by atoms with E-state index in [4.69, 9.17) is 16.3 Å². The molecule has 1 aliphatic carbocycles. The Kier molecular flexibility index (Phi) is 3.40. The third kappa shape index (κ3) is 1.92. The monoisotopic (exact) mass is 405 g/mol. The maximum Gasteiger partial charge on any atom is 0.334 e. The molecule has 0 amide bonds. The average molecular weight is 406 g/mol. The summed E-state index contributed by atoms with van der Waals surface area (Å²) in [6.45, 7) is 4.18. The molecular formula is C13H13ClIN3O2. The number of carbonyl (C=O) groups is 1. The largest absolute Gasteiger partial charge is 0.464 e. The van der Waals surface area contributed by atoms with Crippen LogP contribution in [0.1, 0.15) is 20.3 Å². The minimum atomic E-state index is -0.727. The third-order valence-corrected chi connectivity index (χ3v) is 4.74. The molecule has 1 fully saturated rings. The number of hydrogen-bond donors (Lipinski definition) is 0. The molecule has 7 heteroatoms. The summed E-state index contributed by atoms with van der Waals surface area (Å²) in [7, 11) is 0. The van der Waals surface area contributed by atoms with Crippen molar-refractivity contribution in [2.75, 3.05) is 6.61 Å². The van der Waals surface area contributed by atoms with Crippen LogP contribution in [0.15, 0.2) is 12.1 Å². The standard InChI is InChI=1S/C13H13ClIN3O2/c1-3-20-12(19)13(6-7(13)2)18-11-8(10(15)17-18)4-5-9(14)16-11/h4-5,7H,3,6H2,1-2H3/t7-,13-/m0/s1. The molecule has 0 radical (unpaired) electrons. The highest BCUT2D eigenvalue weighted by Crippen LogP contribution is 2.52. The lowest BCUT2D eigenvalue weighted by Crippen LogP contribution is -2.33. The lowest BCUT2D eigenvalue weighted by atomic mass is 10.2. The fraction of sp³-hybridized carbons (Fsp3) is 0.462. The van der Waals surface area contributed by atoms with Crippen LogP contribution in [0.4, 0.5) is 0 Å². The molecule has 0 spiro atoms. The van der Waals surface area contributed by atoms with Crippen molar-refractivity contribution in [2.45, 2.75) is 25.8 Å². The van der Waals surface area contributed by atoms with Gasteiger partial charge in [-0.1, -0.05) is 18.5 Å². The molecule has 0 aromatic carbocycles. The molecule has 0 aliphatic heterocycles. The third-order valence-electron chi connectivity index (χ3n) is 3.73. The smallest absolute Gasteiger partial charge is 0.334 e. The first kappa shape index (κ1) is 14.1. The van der Waals surface area contributed by atoms with Crippen LogP contribution in [0.3, 0.4) is 0 Å². The van der Waals surface area contributed by atoms with E-state index in [0.29, 0.717) is 23.8 Å². The molecule has 1 aliphatic rings. The molecule has 20 heavy (non-hydrogen) atoms. The lowest BCUT2D eigenvalue weighted by molar-refractivity contribution is -0.149. The van der Waals surface area contributed by atoms with E-state index >= 15 is 0 Å². The van der Waals surface area contributed by atoms with Crippen LogP contribution < -0.4 is 0 Å². The number of aromatic nitrogens is 3. The predicted molar refractivity (Wildman–Crippen MR) is 83.6 cm³/mol. The van der Waals surface area contributed by atoms with E-state index < -0.39 is 5.54 Å². The van der Waals surface area contributed by atoms with Crippen LogP contribution in [0.25, 0.3) is 11.0 Å². The van der Waals surface area contributed by atoms with Gasteiger partial charge in [-0.05, 0) is 54.0 Å². The van der Waals surface area contributed by atoms with E-state index in [1.165, 1.54) is 0 Å². The van der Waals surface area contributed by atoms with Gasteiger partial charge >= 0.3 is 5.97 Å². The summed E-state index contributed by atoms with van der Waals surface area (Å²) >= 11 is 8.12. The van der Waals surface area contributed by atoms with Crippen molar-refractivity contribution in [1.82, 2.24) is 14.8 Å². The van der Waals surface area contributed by atoms with Crippen LogP contribution in [-0.2, 0) is 15.1 Å². The van der Waals surface area contributed by atoms with Gasteiger partial charge in [-0.2, -0.15) is 5.10 Å². The van der Waals surface area contributed by atoms with E-state index in [-0.39, 0.29) is 11.9 Å². The maximum absolute atomic E-state index is 12.3. The normalized spacial score (nSPS) is 24.9. The number of esters is 1. The van der Waals surface area contributed by atoms with Crippen molar-refractivity contribution in [3.63, 3.8) is 0 Å². The van der Waals surface area contributed by atoms with Crippen molar-refractivity contribution < 1.29 is 9.53 Å². The SMILES string of the molecule is CCOC(=O)[C@]1(n2nc(I)c3ccc(Cl)nc32)C[C@@H]1C. The first-order chi connectivity index (χ1) is 9.50. The second-order valence-electron chi connectivity index (χ2n) is 4.96. The Morgan fingerprint density at radius 1 is 1.65 bits per heavy atom. The highest BCUT2D eigenvalue weighted by atomic mass is 127. The molecule has 0 bridgehead atoms. The van der Waals surface area contributed by atoms with Crippen molar-refractivity contribution in [1.29, 1.82) is 0 Å². The number of halogens is 2. The summed E-state index contributed by atoms with van der Waals surface area (Å²) < 4.78 is 7.72. The summed E-state index contributed by atoms with van der Waals surface area (Å²) in [5.74, 6) is -0.0590. The van der Waals surface area contributed by atoms with Gasteiger partial charge in [-0.15, -0.1) is 0 Å². The fourth-order valence-corrected chi connectivity index (χ4v) is 3.32. The van der Waals surface area contributed by atoms with Gasteiger partial charge in [0.25, 0.3) is 0 Å². The zero-order valence-electron chi connectivity index (χ0n) is 11.1. The van der Waals surface area contributed by atoms with Crippen molar-refractivity contribution in [2.24, 2.45) is 5.92 Å². The molecule has 106 valence electrons. The molecular weight excluding hydrogens is 393 g/mol. The van der Waals surface area contributed by atoms with E-state index in [1.54, 1.807) is 17.7 Å². The number of pyridine rings is 1. The van der Waals surface area contributed by atoms with E-state index in [9.17, 15) is 4.79 Å². The Bertz CT molecular complexity index is 702. The highest BCUT2D eigenvalue weighted by molar-refractivity contribution is 14.1. The van der Waals surface area contributed by atoms with Gasteiger partial charge in [0, 0.05) is 0 Å². The first-order valence-electron chi connectivity index (χ1n) is 6.39. The molecule has 0 unspecified atom stereocenters. The number of nitrogens with zero attached hydrogens (tertiary/aromatic N) is 3. The van der Waals surface area contributed by atoms with E-state index in [1.807, 2.05) is 13.0 Å². The number of fused-ring (bicyclic) bond motifs is 1. The van der Waals surface area contributed by atoms with Gasteiger partial charge in [0.1, 0.15) is 8.85 Å². The lowest BCUT2D eigenvalue weighted by Gasteiger charge is -2.16. The van der Waals surface area contributed by atoms with Gasteiger partial charge in [0.15, 0.2) is 11.2 Å². The topological polar surface area (TPSA) is 57.0 Å². The zero-order chi connectivity index (χ0) is 14.5. The summed E-state index contributed by atoms with van der Waals surface area (Å²) in [6, 6.07) is 3.60. The van der Waals surface area contributed by atoms with Gasteiger partial charge < -0.3 is 4.74 Å². The second-order valence-corrected chi connectivity index (χ2v) is 6.37. The molecule has 0 N–H and O–H groups in total. The van der Waals surface area contributed by atoms with Crippen LogP contribution >= 0.6 is 34.2 Å². The number of ether oxygens (including phenoxy) is 1. The minimum Gasteiger partial charge on any atom is -0.464 e. The number of carbonyl (C=O) groups excluding carboxylic acids is 1. The molecule has 2 atom stereocenters. The zero-order valence-corrected chi connectivity index (χ0v) is 14.0. The molecule has 2 aromatic rings. The fourth-order valence-electron chi connectivity index (χ4n) is 2.55. The minimum absolute atomic E-state index is 0.182. The van der Waals surface area contributed by atoms with Crippen molar-refractivity contribution in [3.8, 4) is 0 Å². The Morgan fingerprint density at radius 3 is 2.95 bits per heavy atom. The Balaban J connectivity index is 2.19. The van der Waals surface area contributed by atoms with Gasteiger partial charge in [-0.3, -0.25) is 0 Å². The molecule has 2 heterocycles. The number of hydrogen-bond acceptors (Lipinski definition) is 4. The molecule has 3 rings (SSSR count). The summed E-state index contributed by atoms with van der Waals surface area (Å²) in [5, 5.41) is 5.79. The van der Waals surface area contributed by atoms with Gasteiger partial charge in [0.05, 0.1) is 12.0 Å². The Morgan fingerprint density at radius 2 is 2.35 bits per heavy atom. The highest BCUT2D eigenvalue weighted by Gasteiger charge is 2.62. The Labute approximate surface area is 134 Å². The summed E-state index contributed by atoms with van der Waals surface area (Å²) in [5.41, 5.74) is -0.0886. The predicted octanol–water partition coefficient (Wildman–Crippen LogP) is 2.99. The quantitative estimate of drug-likeness (QED) is 0.447. The van der Waals surface area contributed by atoms with Gasteiger partial charge in [-0.25, -0.2) is 14.5 Å². The maximum atomic E-state index is 12.3. The second kappa shape index (κ2) is 4.84. The van der Waals surface area contributed by atoms with Crippen molar-refractivity contribution in [3.05, 3.63) is 21.0 Å².